The molecule has 2 heteroatoms. The van der Waals surface area contributed by atoms with E-state index < -0.39 is 6.43 Å². The molecule has 18 heavy (non-hydrogen) atoms. The molecule has 0 heterocycles. The summed E-state index contributed by atoms with van der Waals surface area (Å²) >= 11 is 0. The van der Waals surface area contributed by atoms with Crippen molar-refractivity contribution in [3.8, 4) is 0 Å². The number of rotatable bonds is 5. The Morgan fingerprint density at radius 1 is 1.22 bits per heavy atom. The molecule has 1 atom stereocenters. The van der Waals surface area contributed by atoms with Crippen molar-refractivity contribution in [1.29, 1.82) is 0 Å². The Labute approximate surface area is 110 Å². The van der Waals surface area contributed by atoms with Crippen LogP contribution in [0.2, 0.25) is 0 Å². The van der Waals surface area contributed by atoms with Crippen LogP contribution in [0.5, 0.6) is 0 Å². The predicted octanol–water partition coefficient (Wildman–Crippen LogP) is 5.61. The highest BCUT2D eigenvalue weighted by atomic mass is 19.3. The maximum absolute atomic E-state index is 12.8. The molecule has 0 spiro atoms. The average molecular weight is 256 g/mol. The predicted molar refractivity (Wildman–Crippen MR) is 73.8 cm³/mol. The second-order valence-electron chi connectivity index (χ2n) is 6.49. The van der Waals surface area contributed by atoms with Crippen LogP contribution in [0.1, 0.15) is 53.9 Å². The first kappa shape index (κ1) is 15.4. The maximum Gasteiger partial charge on any atom is 0.239 e. The minimum atomic E-state index is -2.22. The van der Waals surface area contributed by atoms with Crippen LogP contribution in [0, 0.1) is 17.3 Å². The molecular weight excluding hydrogens is 230 g/mol. The monoisotopic (exact) mass is 256 g/mol. The summed E-state index contributed by atoms with van der Waals surface area (Å²) in [6.45, 7) is 10.6. The Balaban J connectivity index is 2.94. The van der Waals surface area contributed by atoms with Gasteiger partial charge in [0.2, 0.25) is 6.43 Å². The van der Waals surface area contributed by atoms with Crippen molar-refractivity contribution in [1.82, 2.24) is 0 Å². The topological polar surface area (TPSA) is 0 Å². The third-order valence-corrected chi connectivity index (χ3v) is 3.72. The van der Waals surface area contributed by atoms with Crippen LogP contribution in [-0.2, 0) is 0 Å². The molecule has 0 fully saturated rings. The van der Waals surface area contributed by atoms with Crippen molar-refractivity contribution in [3.63, 3.8) is 0 Å². The smallest absolute Gasteiger partial charge is 0.211 e. The molecule has 1 rings (SSSR count). The van der Waals surface area contributed by atoms with E-state index >= 15 is 0 Å². The number of allylic oxidation sites excluding steroid dienone is 4. The Hall–Kier alpha value is -0.660. The van der Waals surface area contributed by atoms with Crippen LogP contribution in [0.15, 0.2) is 23.3 Å². The van der Waals surface area contributed by atoms with Crippen molar-refractivity contribution < 1.29 is 8.78 Å². The van der Waals surface area contributed by atoms with Gasteiger partial charge in [0.25, 0.3) is 0 Å². The molecule has 0 saturated heterocycles. The molecule has 0 aromatic carbocycles. The fourth-order valence-corrected chi connectivity index (χ4v) is 2.93. The second-order valence-corrected chi connectivity index (χ2v) is 6.49. The summed E-state index contributed by atoms with van der Waals surface area (Å²) in [4.78, 5) is 0. The van der Waals surface area contributed by atoms with E-state index in [1.807, 2.05) is 6.92 Å². The summed E-state index contributed by atoms with van der Waals surface area (Å²) in [5, 5.41) is 0. The first-order chi connectivity index (χ1) is 8.24. The molecule has 0 aliphatic heterocycles. The molecule has 0 amide bonds. The van der Waals surface area contributed by atoms with Crippen molar-refractivity contribution in [3.05, 3.63) is 23.3 Å². The van der Waals surface area contributed by atoms with Crippen molar-refractivity contribution >= 4 is 0 Å². The van der Waals surface area contributed by atoms with E-state index in [0.717, 1.165) is 12.8 Å². The second kappa shape index (κ2) is 5.99. The third-order valence-electron chi connectivity index (χ3n) is 3.72. The molecule has 0 saturated carbocycles. The van der Waals surface area contributed by atoms with Crippen LogP contribution in [0.3, 0.4) is 0 Å². The first-order valence-electron chi connectivity index (χ1n) is 6.94. The van der Waals surface area contributed by atoms with E-state index in [4.69, 9.17) is 0 Å². The molecule has 0 radical (unpaired) electrons. The van der Waals surface area contributed by atoms with E-state index in [-0.39, 0.29) is 11.8 Å². The van der Waals surface area contributed by atoms with Crippen molar-refractivity contribution in [2.45, 2.75) is 60.3 Å². The molecular formula is C16H26F2. The minimum Gasteiger partial charge on any atom is -0.211 e. The van der Waals surface area contributed by atoms with Gasteiger partial charge in [-0.15, -0.1) is 0 Å². The lowest BCUT2D eigenvalue weighted by Crippen LogP contribution is -2.27. The molecule has 0 N–H and O–H groups in total. The highest BCUT2D eigenvalue weighted by molar-refractivity contribution is 5.34. The van der Waals surface area contributed by atoms with E-state index in [2.05, 4.69) is 39.8 Å². The van der Waals surface area contributed by atoms with Gasteiger partial charge < -0.3 is 0 Å². The van der Waals surface area contributed by atoms with Gasteiger partial charge >= 0.3 is 0 Å². The summed E-state index contributed by atoms with van der Waals surface area (Å²) in [5.41, 5.74) is 2.16. The van der Waals surface area contributed by atoms with Crippen LogP contribution in [0.25, 0.3) is 0 Å². The molecule has 0 aromatic heterocycles. The molecule has 0 nitrogen and oxygen atoms in total. The highest BCUT2D eigenvalue weighted by Crippen LogP contribution is 2.45. The summed E-state index contributed by atoms with van der Waals surface area (Å²) in [6, 6.07) is 0. The zero-order valence-electron chi connectivity index (χ0n) is 12.3. The Morgan fingerprint density at radius 2 is 1.83 bits per heavy atom. The van der Waals surface area contributed by atoms with E-state index in [9.17, 15) is 8.78 Å². The van der Waals surface area contributed by atoms with Gasteiger partial charge in [-0.05, 0) is 30.1 Å². The standard InChI is InChI=1S/C16H26F2/c1-11(2)8-13-6-7-16(5,10-15(17)18)14(9-13)12(3)4/h6,9,11-12,15H,7-8,10H2,1-5H3. The van der Waals surface area contributed by atoms with Gasteiger partial charge in [-0.3, -0.25) is 0 Å². The quantitative estimate of drug-likeness (QED) is 0.600. The number of halogens is 2. The van der Waals surface area contributed by atoms with Crippen LogP contribution < -0.4 is 0 Å². The van der Waals surface area contributed by atoms with Crippen molar-refractivity contribution in [2.24, 2.45) is 17.3 Å². The molecule has 0 bridgehead atoms. The Morgan fingerprint density at radius 3 is 2.28 bits per heavy atom. The number of hydrogen-bond acceptors (Lipinski definition) is 0. The Kier molecular flexibility index (Phi) is 5.12. The highest BCUT2D eigenvalue weighted by Gasteiger charge is 2.34. The van der Waals surface area contributed by atoms with Gasteiger partial charge in [-0.1, -0.05) is 57.9 Å². The normalized spacial score (nSPS) is 24.8. The fourth-order valence-electron chi connectivity index (χ4n) is 2.93. The third kappa shape index (κ3) is 3.93. The van der Waals surface area contributed by atoms with Crippen molar-refractivity contribution in [2.75, 3.05) is 0 Å². The van der Waals surface area contributed by atoms with Gasteiger partial charge in [-0.2, -0.15) is 0 Å². The van der Waals surface area contributed by atoms with Crippen LogP contribution >= 0.6 is 0 Å². The molecule has 104 valence electrons. The zero-order chi connectivity index (χ0) is 13.9. The zero-order valence-corrected chi connectivity index (χ0v) is 12.3. The SMILES string of the molecule is CC(C)CC1=CCC(C)(CC(F)F)C(C(C)C)=C1. The minimum absolute atomic E-state index is 0.0253. The number of alkyl halides is 2. The summed E-state index contributed by atoms with van der Waals surface area (Å²) in [6.07, 6.45) is 3.88. The van der Waals surface area contributed by atoms with Gasteiger partial charge in [0, 0.05) is 6.42 Å². The number of hydrogen-bond donors (Lipinski definition) is 0. The summed E-state index contributed by atoms with van der Waals surface area (Å²) in [7, 11) is 0. The molecule has 1 aliphatic rings. The van der Waals surface area contributed by atoms with Gasteiger partial charge in [0.1, 0.15) is 0 Å². The molecule has 1 unspecified atom stereocenters. The average Bonchev–Trinajstić information content (AvgIpc) is 2.18. The van der Waals surface area contributed by atoms with Crippen LogP contribution in [0.4, 0.5) is 8.78 Å². The fraction of sp³-hybridized carbons (Fsp3) is 0.750. The van der Waals surface area contributed by atoms with E-state index in [0.29, 0.717) is 11.8 Å². The molecule has 1 aliphatic carbocycles. The van der Waals surface area contributed by atoms with Crippen LogP contribution in [-0.4, -0.2) is 6.43 Å². The first-order valence-corrected chi connectivity index (χ1v) is 6.94. The van der Waals surface area contributed by atoms with E-state index in [1.165, 1.54) is 11.1 Å². The molecule has 0 aromatic rings. The lowest BCUT2D eigenvalue weighted by molar-refractivity contribution is 0.0907. The Bertz CT molecular complexity index is 337. The van der Waals surface area contributed by atoms with Gasteiger partial charge in [0.15, 0.2) is 0 Å². The van der Waals surface area contributed by atoms with Gasteiger partial charge in [0.05, 0.1) is 0 Å². The van der Waals surface area contributed by atoms with Gasteiger partial charge in [-0.25, -0.2) is 8.78 Å². The lowest BCUT2D eigenvalue weighted by Gasteiger charge is -2.37. The summed E-state index contributed by atoms with van der Waals surface area (Å²) < 4.78 is 25.5. The largest absolute Gasteiger partial charge is 0.239 e. The summed E-state index contributed by atoms with van der Waals surface area (Å²) in [5.74, 6) is 0.949. The lowest BCUT2D eigenvalue weighted by atomic mass is 9.68. The maximum atomic E-state index is 12.8. The van der Waals surface area contributed by atoms with E-state index in [1.54, 1.807) is 0 Å².